The van der Waals surface area contributed by atoms with Crippen LogP contribution in [0.25, 0.3) is 11.1 Å². The molecule has 0 atom stereocenters. The number of sulfone groups is 1. The van der Waals surface area contributed by atoms with E-state index in [1.54, 1.807) is 20.5 Å². The van der Waals surface area contributed by atoms with Crippen LogP contribution in [0.4, 0.5) is 13.2 Å². The van der Waals surface area contributed by atoms with Gasteiger partial charge in [-0.1, -0.05) is 49.4 Å². The molecule has 0 aliphatic carbocycles. The van der Waals surface area contributed by atoms with Gasteiger partial charge in [-0.05, 0) is 67.5 Å². The molecule has 5 aromatic rings. The smallest absolute Gasteiger partial charge is 0.341 e. The lowest BCUT2D eigenvalue weighted by Gasteiger charge is -2.41. The highest BCUT2D eigenvalue weighted by Crippen LogP contribution is 2.37. The number of aromatic nitrogens is 4. The van der Waals surface area contributed by atoms with Crippen LogP contribution in [-0.2, 0) is 54.6 Å². The summed E-state index contributed by atoms with van der Waals surface area (Å²) in [6, 6.07) is 21.0. The van der Waals surface area contributed by atoms with E-state index in [0.717, 1.165) is 17.7 Å². The molecule has 2 aliphatic rings. The first-order valence-corrected chi connectivity index (χ1v) is 24.1. The minimum Gasteiger partial charge on any atom is -0.507 e. The number of hydrogen-bond acceptors (Lipinski definition) is 13. The standard InChI is InChI=1S/C27H28FN5O4.C22H25F2N5O4S/c1-37-25(35)15-23-21(26(30)36)17-33(31-23)27(7-10-29)8-11-32(12-9-27)16-19-13-24(34)20(14-22(19)28)18-5-3-2-4-6-18;1-2-22(8-11-28(12-9-22)19(30)7-10-25)29-14-17(20(26)31)18(27-29)13-15-3-5-16(6-4-15)34(32,33)21(23)24/h2-6,13-14,17,34H,7-9,11-12,15-16H2,1H3,(H2,30,36);3-6,14,21H,2,7-9,11-13H2,1H3,(H2,26,31). The van der Waals surface area contributed by atoms with Crippen LogP contribution in [0, 0.1) is 28.5 Å². The monoisotopic (exact) mass is 998 g/mol. The summed E-state index contributed by atoms with van der Waals surface area (Å²) in [6.45, 7) is 4.24. The normalized spacial score (nSPS) is 15.5. The van der Waals surface area contributed by atoms with E-state index in [9.17, 15) is 51.1 Å². The van der Waals surface area contributed by atoms with Crippen LogP contribution in [0.5, 0.6) is 5.75 Å². The number of halogens is 3. The fraction of sp³-hybridized carbons (Fsp3) is 0.388. The molecule has 2 fully saturated rings. The third kappa shape index (κ3) is 11.9. The van der Waals surface area contributed by atoms with Crippen molar-refractivity contribution in [2.45, 2.75) is 93.0 Å². The molecule has 22 heteroatoms. The van der Waals surface area contributed by atoms with Gasteiger partial charge in [-0.2, -0.15) is 29.5 Å². The molecule has 374 valence electrons. The Morgan fingerprint density at radius 3 is 1.97 bits per heavy atom. The van der Waals surface area contributed by atoms with Crippen molar-refractivity contribution in [3.8, 4) is 29.0 Å². The highest BCUT2D eigenvalue weighted by Gasteiger charge is 2.40. The number of rotatable bonds is 16. The van der Waals surface area contributed by atoms with Gasteiger partial charge in [0.05, 0.1) is 70.6 Å². The molecule has 3 aromatic carbocycles. The number of nitriles is 2. The number of amides is 3. The lowest BCUT2D eigenvalue weighted by molar-refractivity contribution is -0.140. The predicted molar refractivity (Wildman–Crippen MR) is 250 cm³/mol. The number of ether oxygens (including phenoxy) is 1. The third-order valence-corrected chi connectivity index (χ3v) is 14.7. The SMILES string of the molecule is CCC1(n2cc(C(N)=O)c(Cc3ccc(S(=O)(=O)C(F)F)cc3)n2)CCN(C(=O)CC#N)CC1.COC(=O)Cc1nn(C2(CC#N)CCN(Cc3cc(O)c(-c4ccccc4)cc3F)CC2)cc1C(N)=O. The lowest BCUT2D eigenvalue weighted by atomic mass is 9.84. The molecule has 7 rings (SSSR count). The molecule has 2 saturated heterocycles. The Hall–Kier alpha value is -7.56. The summed E-state index contributed by atoms with van der Waals surface area (Å²) >= 11 is 0. The number of primary amides is 2. The summed E-state index contributed by atoms with van der Waals surface area (Å²) < 4.78 is 71.7. The minimum absolute atomic E-state index is 0.00657. The lowest BCUT2D eigenvalue weighted by Crippen LogP contribution is -2.48. The van der Waals surface area contributed by atoms with E-state index in [2.05, 4.69) is 21.0 Å². The Morgan fingerprint density at radius 1 is 0.845 bits per heavy atom. The van der Waals surface area contributed by atoms with E-state index < -0.39 is 55.2 Å². The molecule has 4 heterocycles. The summed E-state index contributed by atoms with van der Waals surface area (Å²) in [6.07, 6.45) is 5.85. The first kappa shape index (κ1) is 52.8. The molecular weight excluding hydrogens is 946 g/mol. The van der Waals surface area contributed by atoms with Gasteiger partial charge in [-0.3, -0.25) is 33.4 Å². The molecular formula is C49H53F3N10O8S. The molecule has 0 saturated carbocycles. The molecule has 3 amide bonds. The van der Waals surface area contributed by atoms with Gasteiger partial charge in [0.25, 0.3) is 11.8 Å². The maximum absolute atomic E-state index is 15.0. The van der Waals surface area contributed by atoms with Crippen LogP contribution in [0.1, 0.15) is 95.1 Å². The van der Waals surface area contributed by atoms with Gasteiger partial charge < -0.3 is 26.2 Å². The van der Waals surface area contributed by atoms with Crippen LogP contribution in [-0.4, -0.2) is 106 Å². The van der Waals surface area contributed by atoms with Crippen LogP contribution in [0.2, 0.25) is 0 Å². The number of nitrogens with two attached hydrogens (primary N) is 2. The Morgan fingerprint density at radius 2 is 1.42 bits per heavy atom. The Bertz CT molecular complexity index is 2950. The van der Waals surface area contributed by atoms with Crippen molar-refractivity contribution in [3.05, 3.63) is 119 Å². The second-order valence-corrected chi connectivity index (χ2v) is 19.3. The maximum Gasteiger partial charge on any atom is 0.341 e. The largest absolute Gasteiger partial charge is 0.507 e. The molecule has 0 unspecified atom stereocenters. The number of carbonyl (C=O) groups is 4. The van der Waals surface area contributed by atoms with E-state index in [1.165, 1.54) is 37.6 Å². The zero-order valence-corrected chi connectivity index (χ0v) is 39.9. The highest BCUT2D eigenvalue weighted by atomic mass is 32.2. The van der Waals surface area contributed by atoms with Crippen LogP contribution in [0.15, 0.2) is 84.0 Å². The van der Waals surface area contributed by atoms with Crippen molar-refractivity contribution in [1.82, 2.24) is 29.4 Å². The summed E-state index contributed by atoms with van der Waals surface area (Å²) in [5.41, 5.74) is 12.9. The number of phenolic OH excluding ortho intramolecular Hbond substituents is 1. The number of aromatic hydroxyl groups is 1. The Labute approximate surface area is 408 Å². The second kappa shape index (κ2) is 22.5. The molecule has 2 aliphatic heterocycles. The van der Waals surface area contributed by atoms with Gasteiger partial charge in [-0.15, -0.1) is 0 Å². The molecule has 0 radical (unpaired) electrons. The molecule has 0 bridgehead atoms. The number of nitrogens with zero attached hydrogens (tertiary/aromatic N) is 8. The summed E-state index contributed by atoms with van der Waals surface area (Å²) in [5.74, 6) is -6.08. The third-order valence-electron chi connectivity index (χ3n) is 13.3. The highest BCUT2D eigenvalue weighted by molar-refractivity contribution is 7.91. The number of esters is 1. The van der Waals surface area contributed by atoms with E-state index in [4.69, 9.17) is 16.7 Å². The molecule has 71 heavy (non-hydrogen) atoms. The van der Waals surface area contributed by atoms with Crippen LogP contribution in [0.3, 0.4) is 0 Å². The molecule has 18 nitrogen and oxygen atoms in total. The number of alkyl halides is 2. The number of phenols is 1. The Kier molecular flexibility index (Phi) is 16.7. The quantitative estimate of drug-likeness (QED) is 0.106. The van der Waals surface area contributed by atoms with Gasteiger partial charge in [0, 0.05) is 62.7 Å². The van der Waals surface area contributed by atoms with E-state index in [-0.39, 0.29) is 60.7 Å². The van der Waals surface area contributed by atoms with Crippen molar-refractivity contribution in [3.63, 3.8) is 0 Å². The zero-order chi connectivity index (χ0) is 51.7. The summed E-state index contributed by atoms with van der Waals surface area (Å²) in [5, 5.41) is 37.9. The van der Waals surface area contributed by atoms with Crippen molar-refractivity contribution >= 4 is 33.5 Å². The number of methoxy groups -OCH3 is 1. The maximum atomic E-state index is 15.0. The average molecular weight is 999 g/mol. The topological polar surface area (TPSA) is 274 Å². The van der Waals surface area contributed by atoms with Gasteiger partial charge in [-0.25, -0.2) is 12.8 Å². The fourth-order valence-electron chi connectivity index (χ4n) is 8.95. The summed E-state index contributed by atoms with van der Waals surface area (Å²) in [4.78, 5) is 51.1. The van der Waals surface area contributed by atoms with E-state index in [1.807, 2.05) is 48.2 Å². The second-order valence-electron chi connectivity index (χ2n) is 17.4. The van der Waals surface area contributed by atoms with Crippen molar-refractivity contribution in [2.75, 3.05) is 33.3 Å². The van der Waals surface area contributed by atoms with Gasteiger partial charge >= 0.3 is 11.7 Å². The number of hydrogen-bond donors (Lipinski definition) is 3. The van der Waals surface area contributed by atoms with E-state index in [0.29, 0.717) is 80.7 Å². The number of benzene rings is 3. The van der Waals surface area contributed by atoms with Gasteiger partial charge in [0.15, 0.2) is 0 Å². The van der Waals surface area contributed by atoms with Crippen LogP contribution < -0.4 is 11.5 Å². The van der Waals surface area contributed by atoms with Gasteiger partial charge in [0.2, 0.25) is 15.7 Å². The van der Waals surface area contributed by atoms with E-state index >= 15 is 0 Å². The first-order valence-electron chi connectivity index (χ1n) is 22.6. The molecule has 5 N–H and O–H groups in total. The van der Waals surface area contributed by atoms with Crippen molar-refractivity contribution in [2.24, 2.45) is 11.5 Å². The summed E-state index contributed by atoms with van der Waals surface area (Å²) in [7, 11) is -3.45. The average Bonchev–Trinajstić information content (AvgIpc) is 4.00. The van der Waals surface area contributed by atoms with Crippen molar-refractivity contribution < 1.29 is 50.6 Å². The molecule has 0 spiro atoms. The first-order chi connectivity index (χ1) is 33.8. The Balaban J connectivity index is 0.000000233. The number of likely N-dealkylation sites (tertiary alicyclic amines) is 2. The minimum atomic E-state index is -4.70. The fourth-order valence-corrected chi connectivity index (χ4v) is 9.68. The van der Waals surface area contributed by atoms with Crippen molar-refractivity contribution in [1.29, 1.82) is 10.5 Å². The van der Waals surface area contributed by atoms with Crippen LogP contribution >= 0.6 is 0 Å². The zero-order valence-electron chi connectivity index (χ0n) is 39.1. The number of piperidine rings is 2. The van der Waals surface area contributed by atoms with Gasteiger partial charge in [0.1, 0.15) is 18.0 Å². The predicted octanol–water partition coefficient (Wildman–Crippen LogP) is 5.32. The number of carbonyl (C=O) groups excluding carboxylic acids is 4. The molecule has 2 aromatic heterocycles.